The lowest BCUT2D eigenvalue weighted by molar-refractivity contribution is 0.291. The van der Waals surface area contributed by atoms with Gasteiger partial charge in [-0.3, -0.25) is 0 Å². The van der Waals surface area contributed by atoms with E-state index in [9.17, 15) is 0 Å². The molecule has 1 aliphatic carbocycles. The number of aliphatic imine (C=N–C) groups is 1. The summed E-state index contributed by atoms with van der Waals surface area (Å²) < 4.78 is 5.32. The Morgan fingerprint density at radius 2 is 2.08 bits per heavy atom. The summed E-state index contributed by atoms with van der Waals surface area (Å²) in [6.07, 6.45) is 5.21. The Labute approximate surface area is 79.6 Å². The van der Waals surface area contributed by atoms with E-state index in [1.165, 1.54) is 25.7 Å². The van der Waals surface area contributed by atoms with Crippen LogP contribution >= 0.6 is 0 Å². The van der Waals surface area contributed by atoms with E-state index in [0.717, 1.165) is 25.1 Å². The van der Waals surface area contributed by atoms with E-state index in [-0.39, 0.29) is 0 Å². The molecule has 0 aromatic rings. The third-order valence-corrected chi connectivity index (χ3v) is 2.93. The average molecular weight is 182 g/mol. The first-order chi connectivity index (χ1) is 6.34. The maximum Gasteiger partial charge on any atom is 0.285 e. The Bertz CT molecular complexity index is 195. The number of nitrogens with one attached hydrogen (secondary N) is 1. The van der Waals surface area contributed by atoms with Gasteiger partial charge in [0.15, 0.2) is 0 Å². The molecule has 0 aromatic heterocycles. The molecule has 0 saturated heterocycles. The Morgan fingerprint density at radius 3 is 2.69 bits per heavy atom. The quantitative estimate of drug-likeness (QED) is 0.667. The van der Waals surface area contributed by atoms with Crippen LogP contribution in [0.3, 0.4) is 0 Å². The molecule has 1 N–H and O–H groups in total. The van der Waals surface area contributed by atoms with Crippen molar-refractivity contribution in [3.05, 3.63) is 0 Å². The molecule has 0 amide bonds. The van der Waals surface area contributed by atoms with Gasteiger partial charge < -0.3 is 10.1 Å². The van der Waals surface area contributed by atoms with Crippen LogP contribution in [0.1, 0.15) is 32.6 Å². The molecule has 3 heteroatoms. The second-order valence-corrected chi connectivity index (χ2v) is 4.14. The van der Waals surface area contributed by atoms with Gasteiger partial charge in [0.25, 0.3) is 6.02 Å². The van der Waals surface area contributed by atoms with Crippen LogP contribution in [0.5, 0.6) is 0 Å². The zero-order chi connectivity index (χ0) is 9.10. The van der Waals surface area contributed by atoms with E-state index in [2.05, 4.69) is 17.2 Å². The van der Waals surface area contributed by atoms with Crippen molar-refractivity contribution in [3.63, 3.8) is 0 Å². The maximum absolute atomic E-state index is 5.32. The largest absolute Gasteiger partial charge is 0.463 e. The molecular weight excluding hydrogens is 164 g/mol. The highest BCUT2D eigenvalue weighted by atomic mass is 16.5. The summed E-state index contributed by atoms with van der Waals surface area (Å²) in [5.41, 5.74) is 0. The first-order valence-corrected chi connectivity index (χ1v) is 5.28. The summed E-state index contributed by atoms with van der Waals surface area (Å²) in [6.45, 7) is 3.91. The van der Waals surface area contributed by atoms with Gasteiger partial charge in [0, 0.05) is 6.04 Å². The van der Waals surface area contributed by atoms with Crippen molar-refractivity contribution < 1.29 is 4.74 Å². The molecule has 1 fully saturated rings. The fraction of sp³-hybridized carbons (Fsp3) is 0.900. The van der Waals surface area contributed by atoms with Crippen molar-refractivity contribution in [2.75, 3.05) is 13.2 Å². The van der Waals surface area contributed by atoms with E-state index in [1.807, 2.05) is 0 Å². The number of amidine groups is 1. The van der Waals surface area contributed by atoms with Crippen LogP contribution in [0, 0.1) is 5.92 Å². The molecule has 0 unspecified atom stereocenters. The summed E-state index contributed by atoms with van der Waals surface area (Å²) in [5, 5.41) is 3.37. The van der Waals surface area contributed by atoms with Crippen LogP contribution in [0.2, 0.25) is 0 Å². The first-order valence-electron chi connectivity index (χ1n) is 5.28. The summed E-state index contributed by atoms with van der Waals surface area (Å²) in [4.78, 5) is 4.23. The Morgan fingerprint density at radius 1 is 1.31 bits per heavy atom. The summed E-state index contributed by atoms with van der Waals surface area (Å²) in [5.74, 6) is 0.907. The van der Waals surface area contributed by atoms with Crippen molar-refractivity contribution in [3.8, 4) is 0 Å². The van der Waals surface area contributed by atoms with Crippen molar-refractivity contribution in [2.45, 2.75) is 38.6 Å². The van der Waals surface area contributed by atoms with Crippen molar-refractivity contribution in [1.82, 2.24) is 5.32 Å². The topological polar surface area (TPSA) is 33.6 Å². The van der Waals surface area contributed by atoms with Crippen molar-refractivity contribution in [2.24, 2.45) is 10.9 Å². The SMILES string of the molecule is CC1CCC(NC2=NCCO2)CC1. The zero-order valence-electron chi connectivity index (χ0n) is 8.25. The molecule has 2 rings (SSSR count). The normalized spacial score (nSPS) is 33.8. The van der Waals surface area contributed by atoms with Gasteiger partial charge in [0.2, 0.25) is 0 Å². The molecule has 2 aliphatic rings. The third-order valence-electron chi connectivity index (χ3n) is 2.93. The molecule has 0 aromatic carbocycles. The van der Waals surface area contributed by atoms with Gasteiger partial charge in [-0.15, -0.1) is 0 Å². The van der Waals surface area contributed by atoms with E-state index in [1.54, 1.807) is 0 Å². The van der Waals surface area contributed by atoms with E-state index in [0.29, 0.717) is 6.04 Å². The Hall–Kier alpha value is -0.730. The first kappa shape index (κ1) is 8.85. The van der Waals surface area contributed by atoms with Crippen LogP contribution in [0.15, 0.2) is 4.99 Å². The van der Waals surface area contributed by atoms with Gasteiger partial charge >= 0.3 is 0 Å². The minimum absolute atomic E-state index is 0.605. The predicted molar refractivity (Wildman–Crippen MR) is 52.8 cm³/mol. The molecule has 74 valence electrons. The molecular formula is C10H18N2O. The van der Waals surface area contributed by atoms with E-state index >= 15 is 0 Å². The van der Waals surface area contributed by atoms with Crippen LogP contribution < -0.4 is 5.32 Å². The van der Waals surface area contributed by atoms with Crippen LogP contribution in [-0.2, 0) is 4.74 Å². The highest BCUT2D eigenvalue weighted by Crippen LogP contribution is 2.23. The smallest absolute Gasteiger partial charge is 0.285 e. The number of hydrogen-bond acceptors (Lipinski definition) is 3. The molecule has 3 nitrogen and oxygen atoms in total. The zero-order valence-corrected chi connectivity index (χ0v) is 8.25. The lowest BCUT2D eigenvalue weighted by atomic mass is 9.87. The summed E-state index contributed by atoms with van der Waals surface area (Å²) in [7, 11) is 0. The highest BCUT2D eigenvalue weighted by Gasteiger charge is 2.20. The summed E-state index contributed by atoms with van der Waals surface area (Å²) >= 11 is 0. The van der Waals surface area contributed by atoms with Gasteiger partial charge in [0.1, 0.15) is 6.61 Å². The third kappa shape index (κ3) is 2.36. The molecule has 1 heterocycles. The molecule has 0 radical (unpaired) electrons. The highest BCUT2D eigenvalue weighted by molar-refractivity contribution is 5.75. The Kier molecular flexibility index (Phi) is 2.71. The van der Waals surface area contributed by atoms with Crippen molar-refractivity contribution >= 4 is 6.02 Å². The average Bonchev–Trinajstić information content (AvgIpc) is 2.62. The number of nitrogens with zero attached hydrogens (tertiary/aromatic N) is 1. The van der Waals surface area contributed by atoms with Crippen molar-refractivity contribution in [1.29, 1.82) is 0 Å². The summed E-state index contributed by atoms with van der Waals surface area (Å²) in [6, 6.07) is 1.38. The molecule has 0 bridgehead atoms. The molecule has 13 heavy (non-hydrogen) atoms. The number of hydrogen-bond donors (Lipinski definition) is 1. The minimum atomic E-state index is 0.605. The van der Waals surface area contributed by atoms with Crippen LogP contribution in [0.4, 0.5) is 0 Å². The van der Waals surface area contributed by atoms with Gasteiger partial charge in [-0.25, -0.2) is 4.99 Å². The van der Waals surface area contributed by atoms with Gasteiger partial charge in [-0.05, 0) is 31.6 Å². The van der Waals surface area contributed by atoms with Crippen LogP contribution in [0.25, 0.3) is 0 Å². The van der Waals surface area contributed by atoms with Gasteiger partial charge in [-0.2, -0.15) is 0 Å². The fourth-order valence-corrected chi connectivity index (χ4v) is 2.00. The van der Waals surface area contributed by atoms with E-state index in [4.69, 9.17) is 4.74 Å². The Balaban J connectivity index is 1.75. The predicted octanol–water partition coefficient (Wildman–Crippen LogP) is 1.54. The monoisotopic (exact) mass is 182 g/mol. The lowest BCUT2D eigenvalue weighted by Crippen LogP contribution is -2.37. The minimum Gasteiger partial charge on any atom is -0.463 e. The van der Waals surface area contributed by atoms with Gasteiger partial charge in [0.05, 0.1) is 6.54 Å². The fourth-order valence-electron chi connectivity index (χ4n) is 2.00. The molecule has 0 atom stereocenters. The second-order valence-electron chi connectivity index (χ2n) is 4.14. The number of ether oxygens (including phenoxy) is 1. The molecule has 1 saturated carbocycles. The molecule has 0 spiro atoms. The van der Waals surface area contributed by atoms with E-state index < -0.39 is 0 Å². The number of rotatable bonds is 1. The van der Waals surface area contributed by atoms with Crippen LogP contribution in [-0.4, -0.2) is 25.2 Å². The van der Waals surface area contributed by atoms with Gasteiger partial charge in [-0.1, -0.05) is 6.92 Å². The lowest BCUT2D eigenvalue weighted by Gasteiger charge is -2.26. The molecule has 1 aliphatic heterocycles. The standard InChI is InChI=1S/C10H18N2O/c1-8-2-4-9(5-3-8)12-10-11-6-7-13-10/h8-9H,2-7H2,1H3,(H,11,12). The maximum atomic E-state index is 5.32. The second kappa shape index (κ2) is 3.99.